The Kier molecular flexibility index (Phi) is 4.84. The first-order valence-corrected chi connectivity index (χ1v) is 5.11. The molecule has 0 N–H and O–H groups in total. The van der Waals surface area contributed by atoms with E-state index in [1.807, 2.05) is 12.1 Å². The van der Waals surface area contributed by atoms with Crippen molar-refractivity contribution in [3.05, 3.63) is 42.0 Å². The number of allylic oxidation sites excluding steroid dienone is 2. The van der Waals surface area contributed by atoms with Gasteiger partial charge in [0.2, 0.25) is 0 Å². The molecular weight excluding hydrogens is 172 g/mol. The molecular formula is C13H18O. The molecule has 0 aromatic heterocycles. The van der Waals surface area contributed by atoms with Gasteiger partial charge in [0.1, 0.15) is 5.75 Å². The number of ether oxygens (including phenoxy) is 1. The second-order valence-corrected chi connectivity index (χ2v) is 3.27. The Morgan fingerprint density at radius 3 is 2.79 bits per heavy atom. The Balaban J connectivity index is 2.49. The van der Waals surface area contributed by atoms with E-state index in [1.54, 1.807) is 7.11 Å². The predicted molar refractivity (Wildman–Crippen MR) is 60.7 cm³/mol. The molecule has 1 rings (SSSR count). The maximum Gasteiger partial charge on any atom is 0.122 e. The van der Waals surface area contributed by atoms with Gasteiger partial charge < -0.3 is 4.74 Å². The van der Waals surface area contributed by atoms with Crippen LogP contribution in [0.4, 0.5) is 0 Å². The molecule has 0 aliphatic heterocycles. The van der Waals surface area contributed by atoms with Gasteiger partial charge in [0, 0.05) is 0 Å². The van der Waals surface area contributed by atoms with Gasteiger partial charge in [0.15, 0.2) is 0 Å². The van der Waals surface area contributed by atoms with Crippen molar-refractivity contribution in [2.75, 3.05) is 7.11 Å². The van der Waals surface area contributed by atoms with Crippen LogP contribution >= 0.6 is 0 Å². The highest BCUT2D eigenvalue weighted by molar-refractivity contribution is 5.33. The van der Waals surface area contributed by atoms with E-state index in [4.69, 9.17) is 4.74 Å². The number of benzene rings is 1. The lowest BCUT2D eigenvalue weighted by Gasteiger charge is -2.06. The molecule has 14 heavy (non-hydrogen) atoms. The minimum absolute atomic E-state index is 1.01. The summed E-state index contributed by atoms with van der Waals surface area (Å²) in [4.78, 5) is 0. The molecule has 0 saturated heterocycles. The van der Waals surface area contributed by atoms with Gasteiger partial charge in [-0.25, -0.2) is 0 Å². The van der Waals surface area contributed by atoms with Gasteiger partial charge in [-0.05, 0) is 37.8 Å². The van der Waals surface area contributed by atoms with Gasteiger partial charge in [0.25, 0.3) is 0 Å². The van der Waals surface area contributed by atoms with Crippen LogP contribution in [0.3, 0.4) is 0 Å². The van der Waals surface area contributed by atoms with Crippen LogP contribution in [0.5, 0.6) is 5.75 Å². The number of unbranched alkanes of at least 4 members (excludes halogenated alkanes) is 1. The molecule has 0 heterocycles. The van der Waals surface area contributed by atoms with Crippen molar-refractivity contribution >= 4 is 0 Å². The molecule has 0 radical (unpaired) electrons. The molecule has 1 aromatic carbocycles. The summed E-state index contributed by atoms with van der Waals surface area (Å²) < 4.78 is 5.28. The monoisotopic (exact) mass is 190 g/mol. The van der Waals surface area contributed by atoms with E-state index < -0.39 is 0 Å². The summed E-state index contributed by atoms with van der Waals surface area (Å²) in [6.45, 7) is 2.06. The van der Waals surface area contributed by atoms with E-state index in [2.05, 4.69) is 31.2 Å². The molecule has 1 nitrogen and oxygen atoms in total. The standard InChI is InChI=1S/C13H18O/c1-3-4-5-6-9-12-10-7-8-11-13(12)14-2/h3-4,7-8,10-11H,5-6,9H2,1-2H3. The van der Waals surface area contributed by atoms with E-state index >= 15 is 0 Å². The highest BCUT2D eigenvalue weighted by Gasteiger charge is 1.99. The zero-order valence-corrected chi connectivity index (χ0v) is 8.99. The van der Waals surface area contributed by atoms with E-state index in [9.17, 15) is 0 Å². The molecule has 0 atom stereocenters. The van der Waals surface area contributed by atoms with Gasteiger partial charge in [0.05, 0.1) is 7.11 Å². The fourth-order valence-corrected chi connectivity index (χ4v) is 1.49. The minimum Gasteiger partial charge on any atom is -0.496 e. The molecule has 76 valence electrons. The Bertz CT molecular complexity index is 289. The Morgan fingerprint density at radius 2 is 2.07 bits per heavy atom. The van der Waals surface area contributed by atoms with Crippen LogP contribution in [0, 0.1) is 0 Å². The Labute approximate surface area is 86.4 Å². The van der Waals surface area contributed by atoms with Crippen molar-refractivity contribution in [1.29, 1.82) is 0 Å². The van der Waals surface area contributed by atoms with Crippen LogP contribution in [0.25, 0.3) is 0 Å². The van der Waals surface area contributed by atoms with E-state index in [0.717, 1.165) is 18.6 Å². The second-order valence-electron chi connectivity index (χ2n) is 3.27. The fourth-order valence-electron chi connectivity index (χ4n) is 1.49. The summed E-state index contributed by atoms with van der Waals surface area (Å²) in [5.41, 5.74) is 1.31. The van der Waals surface area contributed by atoms with Crippen LogP contribution in [0.2, 0.25) is 0 Å². The number of methoxy groups -OCH3 is 1. The maximum atomic E-state index is 5.28. The van der Waals surface area contributed by atoms with E-state index in [-0.39, 0.29) is 0 Å². The van der Waals surface area contributed by atoms with Gasteiger partial charge >= 0.3 is 0 Å². The van der Waals surface area contributed by atoms with Crippen LogP contribution < -0.4 is 4.74 Å². The molecule has 0 bridgehead atoms. The zero-order valence-electron chi connectivity index (χ0n) is 8.99. The number of para-hydroxylation sites is 1. The van der Waals surface area contributed by atoms with Crippen LogP contribution in [0.15, 0.2) is 36.4 Å². The fraction of sp³-hybridized carbons (Fsp3) is 0.385. The molecule has 0 unspecified atom stereocenters. The van der Waals surface area contributed by atoms with Crippen molar-refractivity contribution in [2.24, 2.45) is 0 Å². The smallest absolute Gasteiger partial charge is 0.122 e. The SMILES string of the molecule is CC=CCCCc1ccccc1OC. The molecule has 0 aliphatic carbocycles. The molecule has 0 spiro atoms. The maximum absolute atomic E-state index is 5.28. The van der Waals surface area contributed by atoms with Gasteiger partial charge in [-0.2, -0.15) is 0 Å². The average Bonchev–Trinajstić information content (AvgIpc) is 2.25. The first-order chi connectivity index (χ1) is 6.88. The summed E-state index contributed by atoms with van der Waals surface area (Å²) in [6.07, 6.45) is 7.73. The third-order valence-corrected chi connectivity index (χ3v) is 2.25. The van der Waals surface area contributed by atoms with Crippen LogP contribution in [-0.4, -0.2) is 7.11 Å². The molecule has 0 fully saturated rings. The van der Waals surface area contributed by atoms with Crippen molar-refractivity contribution in [1.82, 2.24) is 0 Å². The molecule has 1 aromatic rings. The van der Waals surface area contributed by atoms with Crippen LogP contribution in [-0.2, 0) is 6.42 Å². The quantitative estimate of drug-likeness (QED) is 0.509. The normalized spacial score (nSPS) is 10.7. The molecule has 0 aliphatic rings. The van der Waals surface area contributed by atoms with Crippen molar-refractivity contribution in [3.63, 3.8) is 0 Å². The lowest BCUT2D eigenvalue weighted by Crippen LogP contribution is -1.91. The first-order valence-electron chi connectivity index (χ1n) is 5.11. The summed E-state index contributed by atoms with van der Waals surface area (Å²) in [5, 5.41) is 0. The third-order valence-electron chi connectivity index (χ3n) is 2.25. The summed E-state index contributed by atoms with van der Waals surface area (Å²) in [7, 11) is 1.73. The second kappa shape index (κ2) is 6.25. The van der Waals surface area contributed by atoms with Crippen molar-refractivity contribution < 1.29 is 4.74 Å². The summed E-state index contributed by atoms with van der Waals surface area (Å²) in [6, 6.07) is 8.22. The van der Waals surface area contributed by atoms with E-state index in [1.165, 1.54) is 12.0 Å². The zero-order chi connectivity index (χ0) is 10.2. The summed E-state index contributed by atoms with van der Waals surface area (Å²) in [5.74, 6) is 1.01. The summed E-state index contributed by atoms with van der Waals surface area (Å²) >= 11 is 0. The number of rotatable bonds is 5. The highest BCUT2D eigenvalue weighted by Crippen LogP contribution is 2.19. The molecule has 1 heteroatoms. The van der Waals surface area contributed by atoms with Gasteiger partial charge in [-0.1, -0.05) is 30.4 Å². The van der Waals surface area contributed by atoms with Crippen molar-refractivity contribution in [2.45, 2.75) is 26.2 Å². The van der Waals surface area contributed by atoms with Crippen molar-refractivity contribution in [3.8, 4) is 5.75 Å². The van der Waals surface area contributed by atoms with E-state index in [0.29, 0.717) is 0 Å². The Morgan fingerprint density at radius 1 is 1.29 bits per heavy atom. The molecule has 0 amide bonds. The number of aryl methyl sites for hydroxylation is 1. The van der Waals surface area contributed by atoms with Gasteiger partial charge in [-0.3, -0.25) is 0 Å². The largest absolute Gasteiger partial charge is 0.496 e. The number of hydrogen-bond acceptors (Lipinski definition) is 1. The van der Waals surface area contributed by atoms with Crippen LogP contribution in [0.1, 0.15) is 25.3 Å². The highest BCUT2D eigenvalue weighted by atomic mass is 16.5. The third kappa shape index (κ3) is 3.25. The topological polar surface area (TPSA) is 9.23 Å². The average molecular weight is 190 g/mol. The lowest BCUT2D eigenvalue weighted by atomic mass is 10.1. The minimum atomic E-state index is 1.01. The predicted octanol–water partition coefficient (Wildman–Crippen LogP) is 3.59. The Hall–Kier alpha value is -1.24. The molecule has 0 saturated carbocycles. The lowest BCUT2D eigenvalue weighted by molar-refractivity contribution is 0.409. The number of hydrogen-bond donors (Lipinski definition) is 0. The first kappa shape index (κ1) is 10.8. The van der Waals surface area contributed by atoms with Gasteiger partial charge in [-0.15, -0.1) is 0 Å².